The van der Waals surface area contributed by atoms with Gasteiger partial charge in [-0.2, -0.15) is 0 Å². The minimum absolute atomic E-state index is 0.00560. The highest BCUT2D eigenvalue weighted by Crippen LogP contribution is 2.12. The first-order valence-corrected chi connectivity index (χ1v) is 6.96. The summed E-state index contributed by atoms with van der Waals surface area (Å²) in [6.07, 6.45) is 0.708. The third-order valence-electron chi connectivity index (χ3n) is 2.72. The number of halogens is 1. The average Bonchev–Trinajstić information content (AvgIpc) is 2.35. The van der Waals surface area contributed by atoms with Crippen molar-refractivity contribution < 1.29 is 9.59 Å². The summed E-state index contributed by atoms with van der Waals surface area (Å²) < 4.78 is 0. The van der Waals surface area contributed by atoms with Crippen molar-refractivity contribution in [2.24, 2.45) is 5.41 Å². The van der Waals surface area contributed by atoms with Crippen molar-refractivity contribution in [2.75, 3.05) is 13.1 Å². The molecule has 4 nitrogen and oxygen atoms in total. The lowest BCUT2D eigenvalue weighted by atomic mass is 9.96. The van der Waals surface area contributed by atoms with E-state index in [1.54, 1.807) is 20.8 Å². The molecular formula is C15H21ClN2O2. The van der Waals surface area contributed by atoms with Crippen LogP contribution in [0.4, 0.5) is 0 Å². The van der Waals surface area contributed by atoms with Gasteiger partial charge in [-0.3, -0.25) is 9.59 Å². The van der Waals surface area contributed by atoms with E-state index in [4.69, 9.17) is 11.6 Å². The van der Waals surface area contributed by atoms with Crippen molar-refractivity contribution in [3.05, 3.63) is 34.9 Å². The van der Waals surface area contributed by atoms with Gasteiger partial charge < -0.3 is 10.6 Å². The van der Waals surface area contributed by atoms with Gasteiger partial charge in [0.05, 0.1) is 6.54 Å². The Morgan fingerprint density at radius 3 is 2.50 bits per heavy atom. The second kappa shape index (κ2) is 7.29. The van der Waals surface area contributed by atoms with Gasteiger partial charge >= 0.3 is 0 Å². The van der Waals surface area contributed by atoms with Crippen molar-refractivity contribution >= 4 is 23.4 Å². The summed E-state index contributed by atoms with van der Waals surface area (Å²) in [4.78, 5) is 23.2. The molecule has 2 N–H and O–H groups in total. The van der Waals surface area contributed by atoms with Crippen LogP contribution in [0.5, 0.6) is 0 Å². The normalized spacial score (nSPS) is 11.0. The molecular weight excluding hydrogens is 276 g/mol. The van der Waals surface area contributed by atoms with Crippen LogP contribution >= 0.6 is 11.6 Å². The van der Waals surface area contributed by atoms with E-state index >= 15 is 0 Å². The first-order valence-electron chi connectivity index (χ1n) is 6.58. The molecule has 0 saturated carbocycles. The van der Waals surface area contributed by atoms with E-state index in [1.807, 2.05) is 24.3 Å². The van der Waals surface area contributed by atoms with E-state index in [0.29, 0.717) is 18.0 Å². The average molecular weight is 297 g/mol. The first-order chi connectivity index (χ1) is 9.29. The SMILES string of the molecule is CC(C)(C)C(=O)NCC(=O)NCCc1cccc(Cl)c1. The van der Waals surface area contributed by atoms with Gasteiger partial charge in [-0.15, -0.1) is 0 Å². The Balaban J connectivity index is 2.26. The fourth-order valence-corrected chi connectivity index (χ4v) is 1.74. The number of hydrogen-bond acceptors (Lipinski definition) is 2. The minimum Gasteiger partial charge on any atom is -0.354 e. The molecule has 0 radical (unpaired) electrons. The van der Waals surface area contributed by atoms with Crippen molar-refractivity contribution in [1.29, 1.82) is 0 Å². The third-order valence-corrected chi connectivity index (χ3v) is 2.95. The molecule has 0 aromatic heterocycles. The molecule has 0 fully saturated rings. The van der Waals surface area contributed by atoms with Crippen LogP contribution in [0.2, 0.25) is 5.02 Å². The molecule has 5 heteroatoms. The molecule has 0 unspecified atom stereocenters. The van der Waals surface area contributed by atoms with Gasteiger partial charge in [-0.25, -0.2) is 0 Å². The molecule has 0 spiro atoms. The van der Waals surface area contributed by atoms with Gasteiger partial charge in [-0.05, 0) is 24.1 Å². The third kappa shape index (κ3) is 6.06. The standard InChI is InChI=1S/C15H21ClN2O2/c1-15(2,3)14(20)18-10-13(19)17-8-7-11-5-4-6-12(16)9-11/h4-6,9H,7-8,10H2,1-3H3,(H,17,19)(H,18,20). The Morgan fingerprint density at radius 1 is 1.20 bits per heavy atom. The Morgan fingerprint density at radius 2 is 1.90 bits per heavy atom. The molecule has 0 aliphatic rings. The van der Waals surface area contributed by atoms with Crippen LogP contribution in [0.3, 0.4) is 0 Å². The Kier molecular flexibility index (Phi) is 6.02. The molecule has 0 aliphatic heterocycles. The van der Waals surface area contributed by atoms with E-state index in [-0.39, 0.29) is 18.4 Å². The second-order valence-corrected chi connectivity index (χ2v) is 6.10. The second-order valence-electron chi connectivity index (χ2n) is 5.66. The predicted molar refractivity (Wildman–Crippen MR) is 80.6 cm³/mol. The molecule has 1 aromatic carbocycles. The molecule has 0 heterocycles. The zero-order valence-corrected chi connectivity index (χ0v) is 12.9. The van der Waals surface area contributed by atoms with Crippen molar-refractivity contribution in [2.45, 2.75) is 27.2 Å². The van der Waals surface area contributed by atoms with E-state index in [1.165, 1.54) is 0 Å². The fraction of sp³-hybridized carbons (Fsp3) is 0.467. The lowest BCUT2D eigenvalue weighted by Gasteiger charge is -2.17. The number of hydrogen-bond donors (Lipinski definition) is 2. The van der Waals surface area contributed by atoms with E-state index < -0.39 is 5.41 Å². The quantitative estimate of drug-likeness (QED) is 0.875. The smallest absolute Gasteiger partial charge is 0.239 e. The van der Waals surface area contributed by atoms with Gasteiger partial charge in [0.25, 0.3) is 0 Å². The van der Waals surface area contributed by atoms with Crippen LogP contribution < -0.4 is 10.6 Å². The van der Waals surface area contributed by atoms with Crippen LogP contribution in [0.25, 0.3) is 0 Å². The minimum atomic E-state index is -0.485. The van der Waals surface area contributed by atoms with Crippen LogP contribution in [0, 0.1) is 5.41 Å². The largest absolute Gasteiger partial charge is 0.354 e. The predicted octanol–water partition coefficient (Wildman–Crippen LogP) is 2.16. The summed E-state index contributed by atoms with van der Waals surface area (Å²) in [7, 11) is 0. The summed E-state index contributed by atoms with van der Waals surface area (Å²) in [6.45, 7) is 5.94. The van der Waals surface area contributed by atoms with E-state index in [0.717, 1.165) is 5.56 Å². The summed E-state index contributed by atoms with van der Waals surface area (Å²) in [6, 6.07) is 7.52. The van der Waals surface area contributed by atoms with Gasteiger partial charge in [0.1, 0.15) is 0 Å². The Bertz CT molecular complexity index is 481. The number of rotatable bonds is 5. The zero-order chi connectivity index (χ0) is 15.2. The Labute approximate surface area is 124 Å². The molecule has 1 rings (SSSR count). The molecule has 2 amide bonds. The maximum atomic E-state index is 11.6. The topological polar surface area (TPSA) is 58.2 Å². The fourth-order valence-electron chi connectivity index (χ4n) is 1.53. The molecule has 1 aromatic rings. The van der Waals surface area contributed by atoms with Crippen LogP contribution in [0.1, 0.15) is 26.3 Å². The number of carbonyl (C=O) groups is 2. The van der Waals surface area contributed by atoms with Gasteiger partial charge in [0.2, 0.25) is 11.8 Å². The van der Waals surface area contributed by atoms with E-state index in [2.05, 4.69) is 10.6 Å². The molecule has 0 aliphatic carbocycles. The zero-order valence-electron chi connectivity index (χ0n) is 12.1. The number of nitrogens with one attached hydrogen (secondary N) is 2. The maximum Gasteiger partial charge on any atom is 0.239 e. The monoisotopic (exact) mass is 296 g/mol. The van der Waals surface area contributed by atoms with Crippen molar-refractivity contribution in [3.63, 3.8) is 0 Å². The molecule has 110 valence electrons. The number of benzene rings is 1. The van der Waals surface area contributed by atoms with Crippen LogP contribution in [-0.4, -0.2) is 24.9 Å². The molecule has 0 bridgehead atoms. The highest BCUT2D eigenvalue weighted by Gasteiger charge is 2.21. The maximum absolute atomic E-state index is 11.6. The van der Waals surface area contributed by atoms with E-state index in [9.17, 15) is 9.59 Å². The van der Waals surface area contributed by atoms with Gasteiger partial charge in [0, 0.05) is 17.0 Å². The van der Waals surface area contributed by atoms with Crippen LogP contribution in [-0.2, 0) is 16.0 Å². The summed E-state index contributed by atoms with van der Waals surface area (Å²) >= 11 is 5.88. The molecule has 0 atom stereocenters. The number of carbonyl (C=O) groups excluding carboxylic acids is 2. The molecule has 0 saturated heterocycles. The summed E-state index contributed by atoms with van der Waals surface area (Å²) in [5.41, 5.74) is 0.581. The lowest BCUT2D eigenvalue weighted by Crippen LogP contribution is -2.42. The van der Waals surface area contributed by atoms with Crippen molar-refractivity contribution in [3.8, 4) is 0 Å². The number of amides is 2. The van der Waals surface area contributed by atoms with Gasteiger partial charge in [0.15, 0.2) is 0 Å². The highest BCUT2D eigenvalue weighted by molar-refractivity contribution is 6.30. The Hall–Kier alpha value is -1.55. The van der Waals surface area contributed by atoms with Crippen molar-refractivity contribution in [1.82, 2.24) is 10.6 Å². The first kappa shape index (κ1) is 16.5. The van der Waals surface area contributed by atoms with Crippen LogP contribution in [0.15, 0.2) is 24.3 Å². The summed E-state index contributed by atoms with van der Waals surface area (Å²) in [5.74, 6) is -0.327. The lowest BCUT2D eigenvalue weighted by molar-refractivity contribution is -0.131. The summed E-state index contributed by atoms with van der Waals surface area (Å²) in [5, 5.41) is 6.06. The highest BCUT2D eigenvalue weighted by atomic mass is 35.5. The molecule has 20 heavy (non-hydrogen) atoms. The van der Waals surface area contributed by atoms with Gasteiger partial charge in [-0.1, -0.05) is 44.5 Å².